The number of amides is 1. The SMILES string of the molecule is CC(C)(C)OC(=O)NC1CCc2c(O)cccc21. The van der Waals surface area contributed by atoms with Gasteiger partial charge in [0.15, 0.2) is 0 Å². The maximum absolute atomic E-state index is 11.7. The summed E-state index contributed by atoms with van der Waals surface area (Å²) in [7, 11) is 0. The highest BCUT2D eigenvalue weighted by Crippen LogP contribution is 2.36. The molecule has 0 saturated carbocycles. The molecule has 1 unspecified atom stereocenters. The molecule has 0 bridgehead atoms. The number of hydrogen-bond donors (Lipinski definition) is 2. The van der Waals surface area contributed by atoms with Crippen LogP contribution in [0.2, 0.25) is 0 Å². The molecule has 1 aliphatic carbocycles. The molecule has 0 radical (unpaired) electrons. The van der Waals surface area contributed by atoms with Crippen LogP contribution in [0.25, 0.3) is 0 Å². The topological polar surface area (TPSA) is 58.6 Å². The fraction of sp³-hybridized carbons (Fsp3) is 0.500. The quantitative estimate of drug-likeness (QED) is 0.804. The molecule has 2 rings (SSSR count). The zero-order valence-corrected chi connectivity index (χ0v) is 11.0. The summed E-state index contributed by atoms with van der Waals surface area (Å²) in [5, 5.41) is 12.6. The van der Waals surface area contributed by atoms with E-state index in [1.165, 1.54) is 0 Å². The minimum Gasteiger partial charge on any atom is -0.508 e. The lowest BCUT2D eigenvalue weighted by atomic mass is 10.1. The molecule has 1 aromatic carbocycles. The first-order chi connectivity index (χ1) is 8.37. The molecule has 1 atom stereocenters. The third kappa shape index (κ3) is 2.75. The van der Waals surface area contributed by atoms with Gasteiger partial charge in [-0.3, -0.25) is 0 Å². The molecule has 98 valence electrons. The molecule has 1 aliphatic rings. The third-order valence-corrected chi connectivity index (χ3v) is 2.94. The first-order valence-corrected chi connectivity index (χ1v) is 6.17. The highest BCUT2D eigenvalue weighted by Gasteiger charge is 2.27. The van der Waals surface area contributed by atoms with Crippen molar-refractivity contribution in [1.82, 2.24) is 5.32 Å². The van der Waals surface area contributed by atoms with Gasteiger partial charge in [0.25, 0.3) is 0 Å². The van der Waals surface area contributed by atoms with Crippen LogP contribution in [-0.4, -0.2) is 16.8 Å². The third-order valence-electron chi connectivity index (χ3n) is 2.94. The molecule has 0 spiro atoms. The number of hydrogen-bond acceptors (Lipinski definition) is 3. The zero-order chi connectivity index (χ0) is 13.3. The van der Waals surface area contributed by atoms with E-state index >= 15 is 0 Å². The van der Waals surface area contributed by atoms with Crippen LogP contribution in [0.5, 0.6) is 5.75 Å². The van der Waals surface area contributed by atoms with E-state index in [4.69, 9.17) is 4.74 Å². The van der Waals surface area contributed by atoms with Gasteiger partial charge in [-0.05, 0) is 50.8 Å². The molecule has 2 N–H and O–H groups in total. The molecule has 0 aromatic heterocycles. The zero-order valence-electron chi connectivity index (χ0n) is 11.0. The number of phenolic OH excluding ortho intramolecular Hbond substituents is 1. The molecule has 4 nitrogen and oxygen atoms in total. The monoisotopic (exact) mass is 249 g/mol. The van der Waals surface area contributed by atoms with Crippen molar-refractivity contribution in [3.8, 4) is 5.75 Å². The normalized spacial score (nSPS) is 18.3. The molecule has 0 fully saturated rings. The van der Waals surface area contributed by atoms with Crippen LogP contribution in [0.1, 0.15) is 44.4 Å². The second-order valence-electron chi connectivity index (χ2n) is 5.58. The molecule has 0 saturated heterocycles. The maximum atomic E-state index is 11.7. The Balaban J connectivity index is 2.06. The first-order valence-electron chi connectivity index (χ1n) is 6.17. The van der Waals surface area contributed by atoms with Crippen LogP contribution >= 0.6 is 0 Å². The van der Waals surface area contributed by atoms with Crippen LogP contribution < -0.4 is 5.32 Å². The number of carbonyl (C=O) groups is 1. The van der Waals surface area contributed by atoms with E-state index < -0.39 is 11.7 Å². The van der Waals surface area contributed by atoms with E-state index in [-0.39, 0.29) is 6.04 Å². The fourth-order valence-electron chi connectivity index (χ4n) is 2.23. The molecule has 0 heterocycles. The Bertz CT molecular complexity index is 463. The van der Waals surface area contributed by atoms with E-state index in [2.05, 4.69) is 5.32 Å². The Kier molecular flexibility index (Phi) is 3.20. The van der Waals surface area contributed by atoms with Crippen LogP contribution in [0.3, 0.4) is 0 Å². The van der Waals surface area contributed by atoms with Crippen LogP contribution in [0, 0.1) is 0 Å². The van der Waals surface area contributed by atoms with Crippen molar-refractivity contribution in [1.29, 1.82) is 0 Å². The van der Waals surface area contributed by atoms with Gasteiger partial charge in [0, 0.05) is 0 Å². The summed E-state index contributed by atoms with van der Waals surface area (Å²) in [6, 6.07) is 5.34. The van der Waals surface area contributed by atoms with E-state index in [9.17, 15) is 9.90 Å². The Hall–Kier alpha value is -1.71. The summed E-state index contributed by atoms with van der Waals surface area (Å²) in [6.45, 7) is 5.50. The van der Waals surface area contributed by atoms with Crippen molar-refractivity contribution in [2.45, 2.75) is 45.3 Å². The number of carbonyl (C=O) groups excluding carboxylic acids is 1. The lowest BCUT2D eigenvalue weighted by molar-refractivity contribution is 0.0503. The van der Waals surface area contributed by atoms with E-state index in [0.29, 0.717) is 5.75 Å². The first kappa shape index (κ1) is 12.7. The van der Waals surface area contributed by atoms with Gasteiger partial charge in [-0.25, -0.2) is 4.79 Å². The van der Waals surface area contributed by atoms with E-state index in [1.54, 1.807) is 12.1 Å². The largest absolute Gasteiger partial charge is 0.508 e. The summed E-state index contributed by atoms with van der Waals surface area (Å²) in [6.07, 6.45) is 1.16. The molecule has 0 aliphatic heterocycles. The molecule has 4 heteroatoms. The number of fused-ring (bicyclic) bond motifs is 1. The summed E-state index contributed by atoms with van der Waals surface area (Å²) in [4.78, 5) is 11.7. The number of ether oxygens (including phenoxy) is 1. The minimum atomic E-state index is -0.496. The van der Waals surface area contributed by atoms with Crippen molar-refractivity contribution in [3.63, 3.8) is 0 Å². The minimum absolute atomic E-state index is 0.0676. The van der Waals surface area contributed by atoms with Gasteiger partial charge in [0.05, 0.1) is 6.04 Å². The number of aromatic hydroxyl groups is 1. The standard InChI is InChI=1S/C14H19NO3/c1-14(2,3)18-13(17)15-11-8-7-10-9(11)5-4-6-12(10)16/h4-6,11,16H,7-8H2,1-3H3,(H,15,17). The smallest absolute Gasteiger partial charge is 0.408 e. The van der Waals surface area contributed by atoms with Crippen molar-refractivity contribution >= 4 is 6.09 Å². The van der Waals surface area contributed by atoms with Gasteiger partial charge >= 0.3 is 6.09 Å². The summed E-state index contributed by atoms with van der Waals surface area (Å²) in [5.41, 5.74) is 1.42. The number of nitrogens with one attached hydrogen (secondary N) is 1. The Morgan fingerprint density at radius 3 is 2.83 bits per heavy atom. The molecule has 1 amide bonds. The van der Waals surface area contributed by atoms with E-state index in [0.717, 1.165) is 24.0 Å². The van der Waals surface area contributed by atoms with Gasteiger partial charge in [-0.2, -0.15) is 0 Å². The number of rotatable bonds is 1. The molecule has 1 aromatic rings. The second-order valence-corrected chi connectivity index (χ2v) is 5.58. The fourth-order valence-corrected chi connectivity index (χ4v) is 2.23. The number of benzene rings is 1. The average molecular weight is 249 g/mol. The van der Waals surface area contributed by atoms with Crippen molar-refractivity contribution in [2.75, 3.05) is 0 Å². The molecule has 18 heavy (non-hydrogen) atoms. The van der Waals surface area contributed by atoms with Gasteiger partial charge in [-0.15, -0.1) is 0 Å². The summed E-state index contributed by atoms with van der Waals surface area (Å²) >= 11 is 0. The number of alkyl carbamates (subject to hydrolysis) is 1. The molecular formula is C14H19NO3. The molecular weight excluding hydrogens is 230 g/mol. The van der Waals surface area contributed by atoms with E-state index in [1.807, 2.05) is 26.8 Å². The van der Waals surface area contributed by atoms with Crippen molar-refractivity contribution < 1.29 is 14.6 Å². The highest BCUT2D eigenvalue weighted by molar-refractivity contribution is 5.69. The Labute approximate surface area is 107 Å². The van der Waals surface area contributed by atoms with Gasteiger partial charge in [0.1, 0.15) is 11.4 Å². The summed E-state index contributed by atoms with van der Waals surface area (Å²) in [5.74, 6) is 0.306. The van der Waals surface area contributed by atoms with Crippen LogP contribution in [0.15, 0.2) is 18.2 Å². The van der Waals surface area contributed by atoms with Gasteiger partial charge in [-0.1, -0.05) is 12.1 Å². The Morgan fingerprint density at radius 2 is 2.17 bits per heavy atom. The van der Waals surface area contributed by atoms with Crippen molar-refractivity contribution in [3.05, 3.63) is 29.3 Å². The Morgan fingerprint density at radius 1 is 1.44 bits per heavy atom. The lowest BCUT2D eigenvalue weighted by Gasteiger charge is -2.22. The highest BCUT2D eigenvalue weighted by atomic mass is 16.6. The lowest BCUT2D eigenvalue weighted by Crippen LogP contribution is -2.34. The van der Waals surface area contributed by atoms with Crippen molar-refractivity contribution in [2.24, 2.45) is 0 Å². The predicted octanol–water partition coefficient (Wildman–Crippen LogP) is 2.90. The van der Waals surface area contributed by atoms with Crippen LogP contribution in [0.4, 0.5) is 4.79 Å². The number of phenols is 1. The van der Waals surface area contributed by atoms with Gasteiger partial charge < -0.3 is 15.2 Å². The average Bonchev–Trinajstić information content (AvgIpc) is 2.60. The van der Waals surface area contributed by atoms with Gasteiger partial charge in [0.2, 0.25) is 0 Å². The second kappa shape index (κ2) is 4.52. The summed E-state index contributed by atoms with van der Waals surface area (Å²) < 4.78 is 5.23. The van der Waals surface area contributed by atoms with Crippen LogP contribution in [-0.2, 0) is 11.2 Å². The maximum Gasteiger partial charge on any atom is 0.408 e. The predicted molar refractivity (Wildman–Crippen MR) is 68.5 cm³/mol.